The van der Waals surface area contributed by atoms with Gasteiger partial charge >= 0.3 is 5.97 Å². The summed E-state index contributed by atoms with van der Waals surface area (Å²) >= 11 is 1.47. The van der Waals surface area contributed by atoms with Crippen molar-refractivity contribution in [2.75, 3.05) is 12.4 Å². The zero-order valence-electron chi connectivity index (χ0n) is 10.2. The van der Waals surface area contributed by atoms with E-state index in [1.54, 1.807) is 10.9 Å². The third-order valence-electron chi connectivity index (χ3n) is 2.45. The van der Waals surface area contributed by atoms with Gasteiger partial charge in [-0.05, 0) is 6.07 Å². The Hall–Kier alpha value is -1.89. The van der Waals surface area contributed by atoms with Crippen molar-refractivity contribution in [2.24, 2.45) is 7.05 Å². The van der Waals surface area contributed by atoms with E-state index in [1.807, 2.05) is 18.5 Å². The molecule has 0 atom stereocenters. The van der Waals surface area contributed by atoms with E-state index < -0.39 is 0 Å². The lowest BCUT2D eigenvalue weighted by Crippen LogP contribution is -2.06. The lowest BCUT2D eigenvalue weighted by molar-refractivity contribution is -0.139. The van der Waals surface area contributed by atoms with Crippen molar-refractivity contribution in [2.45, 2.75) is 13.0 Å². The Morgan fingerprint density at radius 3 is 3.11 bits per heavy atom. The molecule has 2 aromatic rings. The van der Waals surface area contributed by atoms with Crippen LogP contribution in [0.25, 0.3) is 0 Å². The molecule has 2 rings (SSSR count). The minimum atomic E-state index is -0.279. The maximum absolute atomic E-state index is 11.1. The van der Waals surface area contributed by atoms with Gasteiger partial charge in [0, 0.05) is 18.6 Å². The predicted octanol–water partition coefficient (Wildman–Crippen LogP) is 1.20. The van der Waals surface area contributed by atoms with Crippen LogP contribution in [-0.2, 0) is 29.5 Å². The summed E-state index contributed by atoms with van der Waals surface area (Å²) in [6, 6.07) is 1.94. The summed E-state index contributed by atoms with van der Waals surface area (Å²) in [7, 11) is 3.26. The van der Waals surface area contributed by atoms with Crippen molar-refractivity contribution in [1.82, 2.24) is 14.8 Å². The molecule has 0 aliphatic heterocycles. The van der Waals surface area contributed by atoms with Crippen molar-refractivity contribution in [3.8, 4) is 0 Å². The fourth-order valence-electron chi connectivity index (χ4n) is 1.43. The number of hydrogen-bond donors (Lipinski definition) is 1. The third kappa shape index (κ3) is 3.07. The zero-order valence-corrected chi connectivity index (χ0v) is 11.0. The summed E-state index contributed by atoms with van der Waals surface area (Å²) in [6.07, 6.45) is 1.96. The van der Waals surface area contributed by atoms with Crippen molar-refractivity contribution >= 4 is 22.4 Å². The molecule has 0 radical (unpaired) electrons. The summed E-state index contributed by atoms with van der Waals surface area (Å²) < 4.78 is 6.39. The van der Waals surface area contributed by atoms with Crippen LogP contribution in [0.3, 0.4) is 0 Å². The molecule has 0 unspecified atom stereocenters. The van der Waals surface area contributed by atoms with Crippen molar-refractivity contribution < 1.29 is 9.53 Å². The standard InChI is InChI=1S/C11H14N4O2S/c1-15-9(3-4-13-15)6-12-11-14-8(7-18-11)5-10(16)17-2/h3-4,7H,5-6H2,1-2H3,(H,12,14). The summed E-state index contributed by atoms with van der Waals surface area (Å²) in [4.78, 5) is 15.4. The Bertz CT molecular complexity index is 535. The van der Waals surface area contributed by atoms with E-state index in [-0.39, 0.29) is 12.4 Å². The molecular weight excluding hydrogens is 252 g/mol. The Labute approximate surface area is 109 Å². The second kappa shape index (κ2) is 5.63. The van der Waals surface area contributed by atoms with Gasteiger partial charge in [0.2, 0.25) is 0 Å². The van der Waals surface area contributed by atoms with Crippen LogP contribution in [-0.4, -0.2) is 27.8 Å². The number of nitrogens with one attached hydrogen (secondary N) is 1. The van der Waals surface area contributed by atoms with Crippen LogP contribution in [0.4, 0.5) is 5.13 Å². The smallest absolute Gasteiger partial charge is 0.311 e. The molecule has 0 aromatic carbocycles. The van der Waals surface area contributed by atoms with Crippen LogP contribution >= 0.6 is 11.3 Å². The molecule has 0 bridgehead atoms. The first-order chi connectivity index (χ1) is 8.69. The van der Waals surface area contributed by atoms with Gasteiger partial charge < -0.3 is 10.1 Å². The first-order valence-electron chi connectivity index (χ1n) is 5.41. The van der Waals surface area contributed by atoms with E-state index in [0.717, 1.165) is 16.5 Å². The number of hydrogen-bond acceptors (Lipinski definition) is 6. The fraction of sp³-hybridized carbons (Fsp3) is 0.364. The van der Waals surface area contributed by atoms with E-state index in [2.05, 4.69) is 20.1 Å². The number of methoxy groups -OCH3 is 1. The number of rotatable bonds is 5. The molecule has 0 saturated heterocycles. The van der Waals surface area contributed by atoms with Crippen LogP contribution in [0.2, 0.25) is 0 Å². The number of carbonyl (C=O) groups is 1. The number of esters is 1. The molecule has 0 saturated carbocycles. The Morgan fingerprint density at radius 1 is 1.61 bits per heavy atom. The monoisotopic (exact) mass is 266 g/mol. The second-order valence-corrected chi connectivity index (χ2v) is 4.55. The predicted molar refractivity (Wildman–Crippen MR) is 68.4 cm³/mol. The van der Waals surface area contributed by atoms with Crippen LogP contribution in [0.5, 0.6) is 0 Å². The second-order valence-electron chi connectivity index (χ2n) is 3.70. The molecule has 7 heteroatoms. The Morgan fingerprint density at radius 2 is 2.44 bits per heavy atom. The Balaban J connectivity index is 1.91. The maximum atomic E-state index is 11.1. The van der Waals surface area contributed by atoms with Crippen LogP contribution in [0, 0.1) is 0 Å². The van der Waals surface area contributed by atoms with Gasteiger partial charge in [-0.1, -0.05) is 0 Å². The maximum Gasteiger partial charge on any atom is 0.311 e. The molecule has 6 nitrogen and oxygen atoms in total. The average molecular weight is 266 g/mol. The first-order valence-corrected chi connectivity index (χ1v) is 6.29. The molecule has 1 N–H and O–H groups in total. The van der Waals surface area contributed by atoms with Crippen molar-refractivity contribution in [3.63, 3.8) is 0 Å². The molecule has 18 heavy (non-hydrogen) atoms. The SMILES string of the molecule is COC(=O)Cc1csc(NCc2ccnn2C)n1. The molecule has 0 fully saturated rings. The number of thiazole rings is 1. The normalized spacial score (nSPS) is 10.3. The number of anilines is 1. The van der Waals surface area contributed by atoms with Crippen LogP contribution in [0.1, 0.15) is 11.4 Å². The van der Waals surface area contributed by atoms with Crippen LogP contribution < -0.4 is 5.32 Å². The van der Waals surface area contributed by atoms with Gasteiger partial charge in [-0.25, -0.2) is 4.98 Å². The fourth-order valence-corrected chi connectivity index (χ4v) is 2.14. The molecule has 2 aromatic heterocycles. The molecule has 0 aliphatic rings. The van der Waals surface area contributed by atoms with E-state index >= 15 is 0 Å². The molecule has 0 amide bonds. The lowest BCUT2D eigenvalue weighted by Gasteiger charge is -2.02. The number of aryl methyl sites for hydroxylation is 1. The topological polar surface area (TPSA) is 69.0 Å². The number of carbonyl (C=O) groups excluding carboxylic acids is 1. The molecule has 0 spiro atoms. The highest BCUT2D eigenvalue weighted by Gasteiger charge is 2.07. The lowest BCUT2D eigenvalue weighted by atomic mass is 10.3. The van der Waals surface area contributed by atoms with Crippen molar-refractivity contribution in [1.29, 1.82) is 0 Å². The number of ether oxygens (including phenoxy) is 1. The van der Waals surface area contributed by atoms with Gasteiger partial charge in [-0.15, -0.1) is 11.3 Å². The first kappa shape index (κ1) is 12.6. The molecule has 2 heterocycles. The highest BCUT2D eigenvalue weighted by atomic mass is 32.1. The summed E-state index contributed by atoms with van der Waals surface area (Å²) in [5.41, 5.74) is 1.79. The molecular formula is C11H14N4O2S. The molecule has 0 aliphatic carbocycles. The van der Waals surface area contributed by atoms with E-state index in [9.17, 15) is 4.79 Å². The van der Waals surface area contributed by atoms with Gasteiger partial charge in [0.05, 0.1) is 31.5 Å². The molecule has 96 valence electrons. The zero-order chi connectivity index (χ0) is 13.0. The van der Waals surface area contributed by atoms with E-state index in [0.29, 0.717) is 6.54 Å². The highest BCUT2D eigenvalue weighted by molar-refractivity contribution is 7.13. The largest absolute Gasteiger partial charge is 0.469 e. The number of nitrogens with zero attached hydrogens (tertiary/aromatic N) is 3. The highest BCUT2D eigenvalue weighted by Crippen LogP contribution is 2.16. The minimum absolute atomic E-state index is 0.209. The quantitative estimate of drug-likeness (QED) is 0.824. The third-order valence-corrected chi connectivity index (χ3v) is 3.30. The van der Waals surface area contributed by atoms with E-state index in [1.165, 1.54) is 18.4 Å². The minimum Gasteiger partial charge on any atom is -0.469 e. The van der Waals surface area contributed by atoms with Gasteiger partial charge in [0.15, 0.2) is 5.13 Å². The number of aromatic nitrogens is 3. The van der Waals surface area contributed by atoms with Crippen molar-refractivity contribution in [3.05, 3.63) is 29.0 Å². The van der Waals surface area contributed by atoms with Gasteiger partial charge in [0.1, 0.15) is 0 Å². The Kier molecular flexibility index (Phi) is 3.93. The summed E-state index contributed by atoms with van der Waals surface area (Å²) in [5, 5.41) is 9.91. The van der Waals surface area contributed by atoms with Gasteiger partial charge in [-0.3, -0.25) is 9.48 Å². The van der Waals surface area contributed by atoms with Gasteiger partial charge in [0.25, 0.3) is 0 Å². The van der Waals surface area contributed by atoms with E-state index in [4.69, 9.17) is 0 Å². The summed E-state index contributed by atoms with van der Waals surface area (Å²) in [5.74, 6) is -0.279. The van der Waals surface area contributed by atoms with Gasteiger partial charge in [-0.2, -0.15) is 5.10 Å². The van der Waals surface area contributed by atoms with Crippen LogP contribution in [0.15, 0.2) is 17.6 Å². The average Bonchev–Trinajstić information content (AvgIpc) is 2.96. The summed E-state index contributed by atoms with van der Waals surface area (Å²) in [6.45, 7) is 0.654.